The Hall–Kier alpha value is -4.83. The highest BCUT2D eigenvalue weighted by atomic mass is 35.5. The van der Waals surface area contributed by atoms with Gasteiger partial charge in [-0.3, -0.25) is 24.5 Å². The number of halogens is 1. The van der Waals surface area contributed by atoms with E-state index in [1.165, 1.54) is 29.3 Å². The summed E-state index contributed by atoms with van der Waals surface area (Å²) in [6, 6.07) is 19.4. The third-order valence-corrected chi connectivity index (χ3v) is 6.77. The van der Waals surface area contributed by atoms with Gasteiger partial charge in [0.05, 0.1) is 28.7 Å². The third-order valence-electron chi connectivity index (χ3n) is 6.53. The van der Waals surface area contributed by atoms with Crippen molar-refractivity contribution in [3.05, 3.63) is 109 Å². The number of nitrogens with zero attached hydrogens (tertiary/aromatic N) is 3. The van der Waals surface area contributed by atoms with Gasteiger partial charge in [-0.1, -0.05) is 54.1 Å². The summed E-state index contributed by atoms with van der Waals surface area (Å²) in [5.41, 5.74) is 2.53. The van der Waals surface area contributed by atoms with E-state index in [-0.39, 0.29) is 24.1 Å². The van der Waals surface area contributed by atoms with Crippen LogP contribution in [0.4, 0.5) is 5.69 Å². The number of aromatic amines is 1. The van der Waals surface area contributed by atoms with Gasteiger partial charge in [0.15, 0.2) is 0 Å². The SMILES string of the molecule is O=C(O)CCC(=O)N1N=C(c2c(-c3ccccc3)c3cc(Cl)ccc3[nH]c2=O)CC1c1ccc([N+](=O)[O-])cc1. The van der Waals surface area contributed by atoms with Crippen molar-refractivity contribution in [3.63, 3.8) is 0 Å². The molecule has 39 heavy (non-hydrogen) atoms. The van der Waals surface area contributed by atoms with Gasteiger partial charge in [-0.2, -0.15) is 5.10 Å². The minimum absolute atomic E-state index is 0.115. The Balaban J connectivity index is 1.68. The van der Waals surface area contributed by atoms with Gasteiger partial charge in [-0.25, -0.2) is 5.01 Å². The van der Waals surface area contributed by atoms with Gasteiger partial charge >= 0.3 is 5.97 Å². The highest BCUT2D eigenvalue weighted by molar-refractivity contribution is 6.31. The predicted octanol–water partition coefficient (Wildman–Crippen LogP) is 5.30. The lowest BCUT2D eigenvalue weighted by Gasteiger charge is -2.21. The molecule has 1 aromatic heterocycles. The van der Waals surface area contributed by atoms with Gasteiger partial charge in [0.25, 0.3) is 11.2 Å². The van der Waals surface area contributed by atoms with Crippen LogP contribution in [0.25, 0.3) is 22.0 Å². The summed E-state index contributed by atoms with van der Waals surface area (Å²) in [6.07, 6.45) is -0.562. The molecular formula is C28H21ClN4O6. The van der Waals surface area contributed by atoms with Gasteiger partial charge in [-0.15, -0.1) is 0 Å². The van der Waals surface area contributed by atoms with Crippen molar-refractivity contribution in [1.82, 2.24) is 9.99 Å². The van der Waals surface area contributed by atoms with E-state index in [2.05, 4.69) is 10.1 Å². The summed E-state index contributed by atoms with van der Waals surface area (Å²) in [4.78, 5) is 51.3. The maximum Gasteiger partial charge on any atom is 0.303 e. The quantitative estimate of drug-likeness (QED) is 0.238. The van der Waals surface area contributed by atoms with E-state index in [9.17, 15) is 24.5 Å². The molecule has 1 aliphatic heterocycles. The average Bonchev–Trinajstić information content (AvgIpc) is 3.37. The molecule has 2 heterocycles. The molecular weight excluding hydrogens is 524 g/mol. The number of nitrogens with one attached hydrogen (secondary N) is 1. The zero-order valence-corrected chi connectivity index (χ0v) is 21.1. The van der Waals surface area contributed by atoms with Crippen molar-refractivity contribution >= 4 is 45.8 Å². The van der Waals surface area contributed by atoms with E-state index in [1.807, 2.05) is 30.3 Å². The Morgan fingerprint density at radius 2 is 1.77 bits per heavy atom. The van der Waals surface area contributed by atoms with Crippen LogP contribution in [0.2, 0.25) is 5.02 Å². The fourth-order valence-corrected chi connectivity index (χ4v) is 4.91. The number of carboxylic acids is 1. The number of carbonyl (C=O) groups excluding carboxylic acids is 1. The summed E-state index contributed by atoms with van der Waals surface area (Å²) in [7, 11) is 0. The summed E-state index contributed by atoms with van der Waals surface area (Å²) < 4.78 is 0. The summed E-state index contributed by atoms with van der Waals surface area (Å²) in [6.45, 7) is 0. The maximum atomic E-state index is 13.5. The smallest absolute Gasteiger partial charge is 0.303 e. The molecule has 4 aromatic rings. The standard InChI is InChI=1S/C28H21ClN4O6/c29-18-8-11-21-20(14-18)26(17-4-2-1-3-5-17)27(28(37)30-21)22-15-23(16-6-9-19(10-7-16)33(38)39)32(31-22)24(34)12-13-25(35)36/h1-11,14,23H,12-13,15H2,(H,30,37)(H,35,36). The topological polar surface area (TPSA) is 146 Å². The number of hydrazone groups is 1. The lowest BCUT2D eigenvalue weighted by atomic mass is 9.91. The Morgan fingerprint density at radius 3 is 2.44 bits per heavy atom. The minimum Gasteiger partial charge on any atom is -0.481 e. The molecule has 11 heteroatoms. The molecule has 1 amide bonds. The number of benzene rings is 3. The van der Waals surface area contributed by atoms with Crippen molar-refractivity contribution in [1.29, 1.82) is 0 Å². The average molecular weight is 545 g/mol. The van der Waals surface area contributed by atoms with Crippen LogP contribution in [0.3, 0.4) is 0 Å². The molecule has 0 fully saturated rings. The van der Waals surface area contributed by atoms with Gasteiger partial charge in [0.1, 0.15) is 0 Å². The number of rotatable bonds is 7. The van der Waals surface area contributed by atoms with Crippen LogP contribution in [-0.4, -0.2) is 37.6 Å². The van der Waals surface area contributed by atoms with E-state index in [0.717, 1.165) is 5.56 Å². The highest BCUT2D eigenvalue weighted by Gasteiger charge is 2.35. The number of amides is 1. The van der Waals surface area contributed by atoms with E-state index in [1.54, 1.807) is 18.2 Å². The van der Waals surface area contributed by atoms with Crippen molar-refractivity contribution in [2.45, 2.75) is 25.3 Å². The number of carboxylic acid groups (broad SMARTS) is 1. The van der Waals surface area contributed by atoms with Crippen LogP contribution in [0, 0.1) is 10.1 Å². The molecule has 3 aromatic carbocycles. The molecule has 196 valence electrons. The molecule has 0 spiro atoms. The molecule has 1 unspecified atom stereocenters. The Labute approximate surface area is 226 Å². The Morgan fingerprint density at radius 1 is 1.05 bits per heavy atom. The first kappa shape index (κ1) is 25.8. The maximum absolute atomic E-state index is 13.5. The fourth-order valence-electron chi connectivity index (χ4n) is 4.74. The Kier molecular flexibility index (Phi) is 6.95. The van der Waals surface area contributed by atoms with Crippen molar-refractivity contribution in [2.75, 3.05) is 0 Å². The second-order valence-corrected chi connectivity index (χ2v) is 9.44. The molecule has 10 nitrogen and oxygen atoms in total. The zero-order chi connectivity index (χ0) is 27.7. The zero-order valence-electron chi connectivity index (χ0n) is 20.3. The Bertz CT molecular complexity index is 1700. The van der Waals surface area contributed by atoms with Crippen LogP contribution >= 0.6 is 11.6 Å². The number of H-pyrrole nitrogens is 1. The molecule has 0 radical (unpaired) electrons. The van der Waals surface area contributed by atoms with Gasteiger partial charge < -0.3 is 10.1 Å². The summed E-state index contributed by atoms with van der Waals surface area (Å²) >= 11 is 6.32. The molecule has 0 bridgehead atoms. The number of hydrogen-bond acceptors (Lipinski definition) is 6. The van der Waals surface area contributed by atoms with Crippen LogP contribution in [0.1, 0.15) is 36.4 Å². The van der Waals surface area contributed by atoms with Gasteiger partial charge in [-0.05, 0) is 29.3 Å². The van der Waals surface area contributed by atoms with E-state index < -0.39 is 34.8 Å². The molecule has 1 aliphatic rings. The van der Waals surface area contributed by atoms with Crippen LogP contribution in [0.5, 0.6) is 0 Å². The molecule has 2 N–H and O–H groups in total. The number of pyridine rings is 1. The van der Waals surface area contributed by atoms with Crippen molar-refractivity contribution in [3.8, 4) is 11.1 Å². The lowest BCUT2D eigenvalue weighted by Crippen LogP contribution is -2.27. The number of non-ortho nitro benzene ring substituents is 1. The minimum atomic E-state index is -1.13. The van der Waals surface area contributed by atoms with Gasteiger partial charge in [0.2, 0.25) is 5.91 Å². The fraction of sp³-hybridized carbons (Fsp3) is 0.143. The van der Waals surface area contributed by atoms with E-state index in [4.69, 9.17) is 16.7 Å². The first-order chi connectivity index (χ1) is 18.7. The number of nitro benzene ring substituents is 1. The van der Waals surface area contributed by atoms with Crippen LogP contribution < -0.4 is 5.56 Å². The second kappa shape index (κ2) is 10.5. The number of nitro groups is 1. The van der Waals surface area contributed by atoms with E-state index in [0.29, 0.717) is 32.8 Å². The number of hydrogen-bond donors (Lipinski definition) is 2. The van der Waals surface area contributed by atoms with Crippen molar-refractivity contribution in [2.24, 2.45) is 5.10 Å². The normalized spacial score (nSPS) is 14.8. The molecule has 0 saturated carbocycles. The first-order valence-corrected chi connectivity index (χ1v) is 12.4. The predicted molar refractivity (Wildman–Crippen MR) is 146 cm³/mol. The lowest BCUT2D eigenvalue weighted by molar-refractivity contribution is -0.384. The third kappa shape index (κ3) is 5.14. The highest BCUT2D eigenvalue weighted by Crippen LogP contribution is 2.38. The first-order valence-electron chi connectivity index (χ1n) is 12.0. The summed E-state index contributed by atoms with van der Waals surface area (Å²) in [5.74, 6) is -1.68. The molecule has 5 rings (SSSR count). The van der Waals surface area contributed by atoms with E-state index >= 15 is 0 Å². The van der Waals surface area contributed by atoms with Crippen LogP contribution in [0.15, 0.2) is 82.7 Å². The van der Waals surface area contributed by atoms with Crippen molar-refractivity contribution < 1.29 is 19.6 Å². The number of fused-ring (bicyclic) bond motifs is 1. The molecule has 0 aliphatic carbocycles. The monoisotopic (exact) mass is 544 g/mol. The number of aromatic nitrogens is 1. The largest absolute Gasteiger partial charge is 0.481 e. The van der Waals surface area contributed by atoms with Gasteiger partial charge in [0, 0.05) is 46.5 Å². The second-order valence-electron chi connectivity index (χ2n) is 9.01. The number of aliphatic carboxylic acids is 1. The van der Waals surface area contributed by atoms with Crippen LogP contribution in [-0.2, 0) is 9.59 Å². The molecule has 1 atom stereocenters. The summed E-state index contributed by atoms with van der Waals surface area (Å²) in [5, 5.41) is 27.1. The molecule has 0 saturated heterocycles. The number of carbonyl (C=O) groups is 2.